The molecule has 0 saturated heterocycles. The minimum absolute atomic E-state index is 0.186. The summed E-state index contributed by atoms with van der Waals surface area (Å²) in [5.74, 6) is 0.401. The van der Waals surface area contributed by atoms with Gasteiger partial charge in [0, 0.05) is 23.7 Å². The van der Waals surface area contributed by atoms with Crippen LogP contribution in [-0.4, -0.2) is 55.6 Å². The van der Waals surface area contributed by atoms with Crippen LogP contribution in [0.5, 0.6) is 5.75 Å². The fourth-order valence-corrected chi connectivity index (χ4v) is 7.66. The molecule has 3 N–H and O–H groups in total. The first-order chi connectivity index (χ1) is 19.2. The number of aryl methyl sites for hydroxylation is 1. The number of amides is 1. The van der Waals surface area contributed by atoms with Crippen molar-refractivity contribution in [1.82, 2.24) is 4.72 Å². The molecule has 4 atom stereocenters. The third kappa shape index (κ3) is 6.59. The second-order valence-electron chi connectivity index (χ2n) is 11.4. The molecule has 5 rings (SSSR count). The molecule has 0 unspecified atom stereocenters. The quantitative estimate of drug-likeness (QED) is 0.449. The molecule has 2 aliphatic heterocycles. The van der Waals surface area contributed by atoms with Gasteiger partial charge in [-0.25, -0.2) is 13.1 Å². The van der Waals surface area contributed by atoms with Crippen molar-refractivity contribution in [2.75, 3.05) is 24.6 Å². The molecule has 0 radical (unpaired) electrons. The normalized spacial score (nSPS) is 27.6. The predicted octanol–water partition coefficient (Wildman–Crippen LogP) is 4.44. The monoisotopic (exact) mass is 590 g/mol. The Balaban J connectivity index is 1.52. The van der Waals surface area contributed by atoms with E-state index < -0.39 is 33.9 Å². The van der Waals surface area contributed by atoms with E-state index in [4.69, 9.17) is 16.3 Å². The van der Waals surface area contributed by atoms with E-state index in [1.807, 2.05) is 18.2 Å². The number of nitrogens with zero attached hydrogens (tertiary/aromatic N) is 1. The first kappa shape index (κ1) is 29.2. The molecular weight excluding hydrogens is 552 g/mol. The van der Waals surface area contributed by atoms with E-state index >= 15 is 0 Å². The fraction of sp³-hybridized carbons (Fsp3) is 0.567. The molecule has 1 amide bonds. The maximum atomic E-state index is 13.2. The molecule has 2 aromatic rings. The number of ether oxygens (including phenoxy) is 1. The van der Waals surface area contributed by atoms with Crippen molar-refractivity contribution in [1.29, 1.82) is 0 Å². The van der Waals surface area contributed by atoms with Gasteiger partial charge in [0.05, 0.1) is 18.4 Å². The molecule has 0 spiro atoms. The summed E-state index contributed by atoms with van der Waals surface area (Å²) in [4.78, 5) is 15.4. The molecular formula is C30H39ClN2O6S. The van der Waals surface area contributed by atoms with Crippen molar-refractivity contribution < 1.29 is 28.2 Å². The number of aliphatic hydroxyl groups excluding tert-OH is 2. The molecule has 0 aromatic heterocycles. The SMILES string of the molecule is O=C1NS(=O)(=O)[C@@H](CO)CCCC[C@H](O)[C@@H]2CC[C@H]2CN2CCCCc3cc(Cl)ccc3COc3ccc1cc32. The van der Waals surface area contributed by atoms with Gasteiger partial charge in [0.1, 0.15) is 17.6 Å². The van der Waals surface area contributed by atoms with Gasteiger partial charge in [0.2, 0.25) is 10.0 Å². The highest BCUT2D eigenvalue weighted by atomic mass is 35.5. The third-order valence-corrected chi connectivity index (χ3v) is 10.8. The van der Waals surface area contributed by atoms with Crippen molar-refractivity contribution in [2.45, 2.75) is 75.7 Å². The van der Waals surface area contributed by atoms with Gasteiger partial charge in [-0.05, 0) is 98.2 Å². The molecule has 8 nitrogen and oxygen atoms in total. The number of carbonyl (C=O) groups excluding carboxylic acids is 1. The zero-order valence-corrected chi connectivity index (χ0v) is 24.3. The fourth-order valence-electron chi connectivity index (χ4n) is 6.25. The summed E-state index contributed by atoms with van der Waals surface area (Å²) in [5, 5.41) is 20.4. The van der Waals surface area contributed by atoms with E-state index in [1.54, 1.807) is 18.2 Å². The van der Waals surface area contributed by atoms with Crippen LogP contribution in [0.1, 0.15) is 72.9 Å². The summed E-state index contributed by atoms with van der Waals surface area (Å²) >= 11 is 6.28. The summed E-state index contributed by atoms with van der Waals surface area (Å²) in [6.45, 7) is 1.24. The Labute approximate surface area is 241 Å². The second kappa shape index (κ2) is 12.7. The minimum Gasteiger partial charge on any atom is -0.487 e. The number of carbonyl (C=O) groups is 1. The zero-order chi connectivity index (χ0) is 28.3. The Bertz CT molecular complexity index is 1320. The first-order valence-electron chi connectivity index (χ1n) is 14.4. The molecule has 1 saturated carbocycles. The summed E-state index contributed by atoms with van der Waals surface area (Å²) in [5.41, 5.74) is 3.18. The lowest BCUT2D eigenvalue weighted by molar-refractivity contribution is 0.00931. The van der Waals surface area contributed by atoms with Gasteiger partial charge < -0.3 is 19.8 Å². The molecule has 3 aliphatic rings. The smallest absolute Gasteiger partial charge is 0.264 e. The number of hydrogen-bond acceptors (Lipinski definition) is 7. The van der Waals surface area contributed by atoms with Crippen LogP contribution in [0.4, 0.5) is 5.69 Å². The Kier molecular flexibility index (Phi) is 9.24. The van der Waals surface area contributed by atoms with Gasteiger partial charge in [0.25, 0.3) is 5.91 Å². The first-order valence-corrected chi connectivity index (χ1v) is 16.3. The summed E-state index contributed by atoms with van der Waals surface area (Å²) in [6.07, 6.45) is 6.32. The lowest BCUT2D eigenvalue weighted by atomic mass is 9.69. The number of nitrogens with one attached hydrogen (secondary N) is 1. The average Bonchev–Trinajstić information content (AvgIpc) is 2.93. The highest BCUT2D eigenvalue weighted by Crippen LogP contribution is 2.41. The Hall–Kier alpha value is -2.33. The average molecular weight is 591 g/mol. The summed E-state index contributed by atoms with van der Waals surface area (Å²) in [7, 11) is -4.09. The Morgan fingerprint density at radius 2 is 1.82 bits per heavy atom. The van der Waals surface area contributed by atoms with Crippen molar-refractivity contribution in [2.24, 2.45) is 11.8 Å². The van der Waals surface area contributed by atoms with Gasteiger partial charge in [-0.15, -0.1) is 0 Å². The van der Waals surface area contributed by atoms with E-state index in [9.17, 15) is 23.4 Å². The van der Waals surface area contributed by atoms with E-state index in [2.05, 4.69) is 9.62 Å². The molecule has 1 fully saturated rings. The Morgan fingerprint density at radius 3 is 2.60 bits per heavy atom. The van der Waals surface area contributed by atoms with Gasteiger partial charge in [-0.1, -0.05) is 30.5 Å². The predicted molar refractivity (Wildman–Crippen MR) is 155 cm³/mol. The number of aliphatic hydroxyl groups is 2. The largest absolute Gasteiger partial charge is 0.487 e. The van der Waals surface area contributed by atoms with Crippen LogP contribution in [0.25, 0.3) is 0 Å². The molecule has 218 valence electrons. The number of anilines is 1. The van der Waals surface area contributed by atoms with Crippen molar-refractivity contribution in [3.8, 4) is 5.75 Å². The van der Waals surface area contributed by atoms with Crippen molar-refractivity contribution in [3.05, 3.63) is 58.1 Å². The maximum absolute atomic E-state index is 13.2. The highest BCUT2D eigenvalue weighted by Gasteiger charge is 2.38. The molecule has 2 aromatic carbocycles. The van der Waals surface area contributed by atoms with Gasteiger partial charge >= 0.3 is 0 Å². The Morgan fingerprint density at radius 1 is 1.00 bits per heavy atom. The van der Waals surface area contributed by atoms with E-state index in [0.717, 1.165) is 62.0 Å². The van der Waals surface area contributed by atoms with E-state index in [-0.39, 0.29) is 17.9 Å². The highest BCUT2D eigenvalue weighted by molar-refractivity contribution is 7.90. The van der Waals surface area contributed by atoms with E-state index in [1.165, 1.54) is 0 Å². The van der Waals surface area contributed by atoms with Crippen LogP contribution in [0.15, 0.2) is 36.4 Å². The number of halogens is 1. The minimum atomic E-state index is -4.09. The van der Waals surface area contributed by atoms with Crippen LogP contribution in [0.2, 0.25) is 5.02 Å². The van der Waals surface area contributed by atoms with Crippen LogP contribution in [-0.2, 0) is 23.1 Å². The van der Waals surface area contributed by atoms with Gasteiger partial charge in [-0.3, -0.25) is 4.79 Å². The molecule has 1 aliphatic carbocycles. The number of hydrogen-bond donors (Lipinski definition) is 3. The number of sulfonamides is 1. The standard InChI is InChI=1S/C30H39ClN2O6S/c31-24-11-8-23-19-39-29-13-10-21-16-27(29)33(14-4-3-5-20(23)15-24)17-22-9-12-26(22)28(35)7-2-1-6-25(18-34)40(37,38)32-30(21)36/h8,10-11,13,15-16,22,25-26,28,34-35H,1-7,9,12,14,17-19H2,(H,32,36)/t22-,25+,26+,28-/m0/s1. The van der Waals surface area contributed by atoms with Crippen molar-refractivity contribution >= 4 is 33.2 Å². The van der Waals surface area contributed by atoms with Crippen molar-refractivity contribution in [3.63, 3.8) is 0 Å². The summed E-state index contributed by atoms with van der Waals surface area (Å²) in [6, 6.07) is 10.9. The maximum Gasteiger partial charge on any atom is 0.264 e. The van der Waals surface area contributed by atoms with E-state index in [0.29, 0.717) is 42.6 Å². The lowest BCUT2D eigenvalue weighted by Gasteiger charge is -2.43. The number of benzene rings is 2. The molecule has 40 heavy (non-hydrogen) atoms. The topological polar surface area (TPSA) is 116 Å². The van der Waals surface area contributed by atoms with Gasteiger partial charge in [-0.2, -0.15) is 0 Å². The molecule has 2 bridgehead atoms. The van der Waals surface area contributed by atoms with Crippen LogP contribution < -0.4 is 14.4 Å². The molecule has 10 heteroatoms. The molecule has 2 heterocycles. The third-order valence-electron chi connectivity index (χ3n) is 8.82. The van der Waals surface area contributed by atoms with Crippen LogP contribution in [0.3, 0.4) is 0 Å². The lowest BCUT2D eigenvalue weighted by Crippen LogP contribution is -2.44. The van der Waals surface area contributed by atoms with Crippen LogP contribution >= 0.6 is 11.6 Å². The summed E-state index contributed by atoms with van der Waals surface area (Å²) < 4.78 is 34.5. The van der Waals surface area contributed by atoms with Gasteiger partial charge in [0.15, 0.2) is 0 Å². The number of fused-ring (bicyclic) bond motifs is 3. The zero-order valence-electron chi connectivity index (χ0n) is 22.7. The van der Waals surface area contributed by atoms with Crippen LogP contribution in [0, 0.1) is 11.8 Å². The second-order valence-corrected chi connectivity index (χ2v) is 13.8. The number of rotatable bonds is 1.